The molecule has 0 fully saturated rings. The highest BCUT2D eigenvalue weighted by Gasteiger charge is 2.31. The molecule has 0 spiro atoms. The summed E-state index contributed by atoms with van der Waals surface area (Å²) < 4.78 is 82.2. The maximum atomic E-state index is 14.0. The fourth-order valence-electron chi connectivity index (χ4n) is 4.24. The first kappa shape index (κ1) is 23.9. The molecule has 182 valence electrons. The largest absolute Gasteiger partial charge is 0.406 e. The fourth-order valence-corrected chi connectivity index (χ4v) is 4.24. The van der Waals surface area contributed by atoms with E-state index in [9.17, 15) is 31.1 Å². The van der Waals surface area contributed by atoms with Gasteiger partial charge in [-0.25, -0.2) is 18.0 Å². The van der Waals surface area contributed by atoms with Gasteiger partial charge in [-0.3, -0.25) is 9.13 Å². The van der Waals surface area contributed by atoms with Crippen LogP contribution in [0.2, 0.25) is 0 Å². The topological polar surface area (TPSA) is 57.9 Å². The van der Waals surface area contributed by atoms with Gasteiger partial charge in [-0.05, 0) is 48.4 Å². The molecule has 0 bridgehead atoms. The van der Waals surface area contributed by atoms with Crippen molar-refractivity contribution in [1.29, 1.82) is 0 Å². The molecule has 0 aliphatic heterocycles. The Hall–Kier alpha value is -3.21. The molecule has 4 rings (SSSR count). The molecule has 2 heterocycles. The van der Waals surface area contributed by atoms with Crippen LogP contribution in [-0.4, -0.2) is 26.3 Å². The second-order valence-electron chi connectivity index (χ2n) is 8.12. The van der Waals surface area contributed by atoms with Crippen molar-refractivity contribution in [2.45, 2.75) is 51.6 Å². The van der Waals surface area contributed by atoms with E-state index in [4.69, 9.17) is 5.73 Å². The van der Waals surface area contributed by atoms with Gasteiger partial charge in [-0.2, -0.15) is 13.2 Å². The van der Waals surface area contributed by atoms with Gasteiger partial charge in [-0.1, -0.05) is 6.07 Å². The Labute approximate surface area is 190 Å². The molecule has 11 heteroatoms. The highest BCUT2D eigenvalue weighted by atomic mass is 19.4. The highest BCUT2D eigenvalue weighted by Crippen LogP contribution is 2.26. The summed E-state index contributed by atoms with van der Waals surface area (Å²) in [4.78, 5) is 13.0. The molecule has 0 saturated heterocycles. The molecule has 0 saturated carbocycles. The van der Waals surface area contributed by atoms with E-state index >= 15 is 0 Å². The summed E-state index contributed by atoms with van der Waals surface area (Å²) in [7, 11) is 0. The van der Waals surface area contributed by atoms with Gasteiger partial charge in [0.05, 0.1) is 17.6 Å². The fraction of sp³-hybridized carbons (Fsp3) is 0.348. The molecule has 2 aromatic heterocycles. The normalized spacial score (nSPS) is 12.5. The number of fused-ring (bicyclic) bond motifs is 2. The first-order valence-corrected chi connectivity index (χ1v) is 10.6. The van der Waals surface area contributed by atoms with Gasteiger partial charge in [-0.15, -0.1) is 0 Å². The number of nitrogens with zero attached hydrogens (tertiary/aromatic N) is 3. The second kappa shape index (κ2) is 9.21. The second-order valence-corrected chi connectivity index (χ2v) is 8.12. The zero-order valence-electron chi connectivity index (χ0n) is 18.0. The smallest absolute Gasteiger partial charge is 0.343 e. The van der Waals surface area contributed by atoms with Crippen LogP contribution in [-0.2, 0) is 26.2 Å². The van der Waals surface area contributed by atoms with Crippen LogP contribution in [0.1, 0.15) is 24.1 Å². The Bertz CT molecular complexity index is 1380. The van der Waals surface area contributed by atoms with Gasteiger partial charge in [0.2, 0.25) is 6.43 Å². The molecular formula is C23H22F6N4O. The number of alkyl halides is 5. The molecule has 2 aromatic carbocycles. The summed E-state index contributed by atoms with van der Waals surface area (Å²) in [5, 5.41) is 0.758. The Morgan fingerprint density at radius 1 is 0.912 bits per heavy atom. The number of rotatable bonds is 8. The minimum absolute atomic E-state index is 0.0151. The Kier molecular flexibility index (Phi) is 6.48. The van der Waals surface area contributed by atoms with E-state index < -0.39 is 30.7 Å². The lowest BCUT2D eigenvalue weighted by atomic mass is 10.1. The van der Waals surface area contributed by atoms with Gasteiger partial charge < -0.3 is 10.3 Å². The van der Waals surface area contributed by atoms with E-state index in [0.717, 1.165) is 39.2 Å². The van der Waals surface area contributed by atoms with Crippen LogP contribution in [0.5, 0.6) is 0 Å². The van der Waals surface area contributed by atoms with Crippen molar-refractivity contribution >= 4 is 21.9 Å². The van der Waals surface area contributed by atoms with E-state index in [1.165, 1.54) is 0 Å². The van der Waals surface area contributed by atoms with Crippen LogP contribution in [0, 0.1) is 5.82 Å². The van der Waals surface area contributed by atoms with Crippen molar-refractivity contribution in [2.24, 2.45) is 5.73 Å². The van der Waals surface area contributed by atoms with Crippen molar-refractivity contribution in [1.82, 2.24) is 13.7 Å². The van der Waals surface area contributed by atoms with E-state index in [1.54, 1.807) is 22.8 Å². The molecule has 0 atom stereocenters. The average molecular weight is 484 g/mol. The predicted octanol–water partition coefficient (Wildman–Crippen LogP) is 5.01. The summed E-state index contributed by atoms with van der Waals surface area (Å²) in [5.41, 5.74) is 6.82. The summed E-state index contributed by atoms with van der Waals surface area (Å²) in [5.74, 6) is -0.699. The quantitative estimate of drug-likeness (QED) is 0.358. The van der Waals surface area contributed by atoms with Crippen LogP contribution >= 0.6 is 0 Å². The third kappa shape index (κ3) is 4.84. The van der Waals surface area contributed by atoms with Gasteiger partial charge in [0, 0.05) is 36.1 Å². The lowest BCUT2D eigenvalue weighted by molar-refractivity contribution is -0.140. The number of hydrogen-bond donors (Lipinski definition) is 1. The molecule has 0 aliphatic carbocycles. The van der Waals surface area contributed by atoms with Crippen molar-refractivity contribution in [3.63, 3.8) is 0 Å². The monoisotopic (exact) mass is 484 g/mol. The molecule has 0 unspecified atom stereocenters. The minimum atomic E-state index is -4.65. The summed E-state index contributed by atoms with van der Waals surface area (Å²) in [6, 6.07) is 10.3. The molecular weight excluding hydrogens is 462 g/mol. The first-order chi connectivity index (χ1) is 16.1. The molecule has 0 radical (unpaired) electrons. The SMILES string of the molecule is NCc1ccc2c(c1)cc(Cn1c(=O)n(CC(F)(F)F)c3ccc(F)cc31)n2CCCC(F)F. The maximum absolute atomic E-state index is 14.0. The van der Waals surface area contributed by atoms with Crippen LogP contribution < -0.4 is 11.4 Å². The van der Waals surface area contributed by atoms with Crippen molar-refractivity contribution in [3.8, 4) is 0 Å². The molecule has 0 aliphatic rings. The van der Waals surface area contributed by atoms with Crippen LogP contribution in [0.25, 0.3) is 21.9 Å². The lowest BCUT2D eigenvalue weighted by Crippen LogP contribution is -2.30. The average Bonchev–Trinajstić information content (AvgIpc) is 3.22. The number of halogens is 6. The van der Waals surface area contributed by atoms with E-state index in [1.807, 2.05) is 6.07 Å². The maximum Gasteiger partial charge on any atom is 0.406 e. The lowest BCUT2D eigenvalue weighted by Gasteiger charge is -2.12. The van der Waals surface area contributed by atoms with E-state index in [2.05, 4.69) is 0 Å². The van der Waals surface area contributed by atoms with Crippen LogP contribution in [0.3, 0.4) is 0 Å². The summed E-state index contributed by atoms with van der Waals surface area (Å²) in [6.07, 6.45) is -7.29. The van der Waals surface area contributed by atoms with Crippen molar-refractivity contribution in [2.75, 3.05) is 0 Å². The number of nitrogens with two attached hydrogens (primary N) is 1. The number of hydrogen-bond acceptors (Lipinski definition) is 2. The number of aryl methyl sites for hydroxylation is 1. The Morgan fingerprint density at radius 3 is 2.32 bits per heavy atom. The minimum Gasteiger partial charge on any atom is -0.343 e. The van der Waals surface area contributed by atoms with Gasteiger partial charge in [0.15, 0.2) is 0 Å². The number of aromatic nitrogens is 3. The number of imidazole rings is 1. The summed E-state index contributed by atoms with van der Waals surface area (Å²) in [6.45, 7) is -1.18. The Morgan fingerprint density at radius 2 is 1.65 bits per heavy atom. The molecule has 4 aromatic rings. The van der Waals surface area contributed by atoms with Gasteiger partial charge in [0.25, 0.3) is 0 Å². The zero-order valence-corrected chi connectivity index (χ0v) is 18.0. The highest BCUT2D eigenvalue weighted by molar-refractivity contribution is 5.82. The van der Waals surface area contributed by atoms with Gasteiger partial charge in [0.1, 0.15) is 12.4 Å². The summed E-state index contributed by atoms with van der Waals surface area (Å²) >= 11 is 0. The van der Waals surface area contributed by atoms with E-state index in [-0.39, 0.29) is 43.5 Å². The van der Waals surface area contributed by atoms with Crippen molar-refractivity contribution < 1.29 is 26.3 Å². The molecule has 5 nitrogen and oxygen atoms in total. The standard InChI is InChI=1S/C23H22F6N4O/c24-16-4-6-19-20(10-16)32(22(34)33(19)13-23(27,28)29)12-17-9-15-8-14(11-30)3-5-18(15)31(17)7-1-2-21(25)26/h3-6,8-10,21H,1-2,7,11-13,30H2. The third-order valence-corrected chi connectivity index (χ3v) is 5.73. The predicted molar refractivity (Wildman–Crippen MR) is 116 cm³/mol. The number of benzene rings is 2. The third-order valence-electron chi connectivity index (χ3n) is 5.73. The van der Waals surface area contributed by atoms with Gasteiger partial charge >= 0.3 is 11.9 Å². The van der Waals surface area contributed by atoms with E-state index in [0.29, 0.717) is 10.3 Å². The molecule has 34 heavy (non-hydrogen) atoms. The molecule has 0 amide bonds. The molecule has 2 N–H and O–H groups in total. The van der Waals surface area contributed by atoms with Crippen molar-refractivity contribution in [3.05, 3.63) is 70.0 Å². The van der Waals surface area contributed by atoms with Crippen LogP contribution in [0.15, 0.2) is 47.3 Å². The Balaban J connectivity index is 1.84. The van der Waals surface area contributed by atoms with Crippen LogP contribution in [0.4, 0.5) is 26.3 Å². The zero-order chi connectivity index (χ0) is 24.6. The first-order valence-electron chi connectivity index (χ1n) is 10.6.